The lowest BCUT2D eigenvalue weighted by Gasteiger charge is -2.20. The Hall–Kier alpha value is -1.71. The highest BCUT2D eigenvalue weighted by Crippen LogP contribution is 2.39. The number of phenolic OH excluding ortho intramolecular Hbond substituents is 1. The maximum Gasteiger partial charge on any atom is 0.200 e. The second kappa shape index (κ2) is 4.43. The van der Waals surface area contributed by atoms with Gasteiger partial charge in [-0.3, -0.25) is 0 Å². The van der Waals surface area contributed by atoms with Gasteiger partial charge in [-0.1, -0.05) is 0 Å². The Morgan fingerprint density at radius 2 is 1.62 bits per heavy atom. The van der Waals surface area contributed by atoms with E-state index in [2.05, 4.69) is 0 Å². The third-order valence-electron chi connectivity index (χ3n) is 2.52. The molecular formula is C12H16O4. The molecule has 4 nitrogen and oxygen atoms in total. The van der Waals surface area contributed by atoms with Crippen LogP contribution in [0.5, 0.6) is 17.2 Å². The van der Waals surface area contributed by atoms with Crippen LogP contribution in [0, 0.1) is 0 Å². The zero-order valence-corrected chi connectivity index (χ0v) is 9.90. The van der Waals surface area contributed by atoms with Gasteiger partial charge in [0.25, 0.3) is 0 Å². The van der Waals surface area contributed by atoms with Gasteiger partial charge < -0.3 is 19.4 Å². The summed E-state index contributed by atoms with van der Waals surface area (Å²) in [5, 5.41) is 9.71. The summed E-state index contributed by atoms with van der Waals surface area (Å²) in [7, 11) is 2.90. The first-order valence-electron chi connectivity index (χ1n) is 4.88. The molecule has 0 radical (unpaired) electrons. The van der Waals surface area contributed by atoms with Crippen LogP contribution in [0.25, 0.3) is 0 Å². The minimum atomic E-state index is -0.645. The van der Waals surface area contributed by atoms with E-state index < -0.39 is 5.41 Å². The van der Waals surface area contributed by atoms with Crippen LogP contribution in [0.15, 0.2) is 12.1 Å². The van der Waals surface area contributed by atoms with Crippen LogP contribution in [0.4, 0.5) is 0 Å². The summed E-state index contributed by atoms with van der Waals surface area (Å²) in [4.78, 5) is 11.0. The number of phenols is 1. The van der Waals surface area contributed by atoms with E-state index in [4.69, 9.17) is 9.47 Å². The molecule has 0 amide bonds. The van der Waals surface area contributed by atoms with Crippen molar-refractivity contribution in [1.29, 1.82) is 0 Å². The molecule has 0 spiro atoms. The molecule has 1 aromatic carbocycles. The van der Waals surface area contributed by atoms with Gasteiger partial charge in [-0.25, -0.2) is 0 Å². The molecule has 0 aromatic heterocycles. The zero-order valence-electron chi connectivity index (χ0n) is 9.90. The van der Waals surface area contributed by atoms with Crippen molar-refractivity contribution in [2.24, 2.45) is 0 Å². The number of rotatable bonds is 4. The number of carbonyl (C=O) groups is 1. The fraction of sp³-hybridized carbons (Fsp3) is 0.417. The Labute approximate surface area is 94.8 Å². The number of benzene rings is 1. The second-order valence-electron chi connectivity index (χ2n) is 4.07. The van der Waals surface area contributed by atoms with Crippen molar-refractivity contribution in [3.63, 3.8) is 0 Å². The summed E-state index contributed by atoms with van der Waals surface area (Å²) in [6, 6.07) is 3.26. The van der Waals surface area contributed by atoms with Gasteiger partial charge in [0.15, 0.2) is 11.5 Å². The molecule has 0 fully saturated rings. The molecule has 0 aliphatic rings. The summed E-state index contributed by atoms with van der Waals surface area (Å²) in [5.74, 6) is 0.531. The SMILES string of the molecule is COc1cc(C(C)(C)C=O)cc(OC)c1O. The van der Waals surface area contributed by atoms with Gasteiger partial charge in [0.1, 0.15) is 6.29 Å². The van der Waals surface area contributed by atoms with E-state index in [-0.39, 0.29) is 5.75 Å². The average Bonchev–Trinajstić information content (AvgIpc) is 2.29. The standard InChI is InChI=1S/C12H16O4/c1-12(2,7-13)8-5-9(15-3)11(14)10(6-8)16-4/h5-7,14H,1-4H3. The van der Waals surface area contributed by atoms with Gasteiger partial charge in [0.05, 0.1) is 14.2 Å². The second-order valence-corrected chi connectivity index (χ2v) is 4.07. The third kappa shape index (κ3) is 2.10. The van der Waals surface area contributed by atoms with Crippen molar-refractivity contribution in [2.45, 2.75) is 19.3 Å². The first-order chi connectivity index (χ1) is 7.46. The zero-order chi connectivity index (χ0) is 12.3. The Bertz CT molecular complexity index is 371. The molecule has 0 saturated carbocycles. The van der Waals surface area contributed by atoms with Crippen LogP contribution in [0.1, 0.15) is 19.4 Å². The van der Waals surface area contributed by atoms with Crippen LogP contribution in [-0.2, 0) is 10.2 Å². The van der Waals surface area contributed by atoms with Gasteiger partial charge in [-0.05, 0) is 31.5 Å². The van der Waals surface area contributed by atoms with E-state index in [9.17, 15) is 9.90 Å². The van der Waals surface area contributed by atoms with Crippen LogP contribution in [-0.4, -0.2) is 25.6 Å². The molecule has 0 bridgehead atoms. The number of ether oxygens (including phenoxy) is 2. The van der Waals surface area contributed by atoms with E-state index in [0.29, 0.717) is 11.5 Å². The van der Waals surface area contributed by atoms with Crippen LogP contribution < -0.4 is 9.47 Å². The Morgan fingerprint density at radius 3 is 1.94 bits per heavy atom. The van der Waals surface area contributed by atoms with E-state index in [0.717, 1.165) is 11.8 Å². The lowest BCUT2D eigenvalue weighted by molar-refractivity contribution is -0.111. The van der Waals surface area contributed by atoms with Crippen molar-refractivity contribution >= 4 is 6.29 Å². The van der Waals surface area contributed by atoms with Crippen molar-refractivity contribution in [2.75, 3.05) is 14.2 Å². The largest absolute Gasteiger partial charge is 0.502 e. The minimum absolute atomic E-state index is 0.0598. The molecule has 16 heavy (non-hydrogen) atoms. The maximum atomic E-state index is 11.0. The highest BCUT2D eigenvalue weighted by atomic mass is 16.5. The van der Waals surface area contributed by atoms with Crippen LogP contribution in [0.2, 0.25) is 0 Å². The summed E-state index contributed by atoms with van der Waals surface area (Å²) in [5.41, 5.74) is 0.0860. The number of methoxy groups -OCH3 is 2. The Kier molecular flexibility index (Phi) is 3.42. The van der Waals surface area contributed by atoms with Gasteiger partial charge in [0.2, 0.25) is 5.75 Å². The Balaban J connectivity index is 3.38. The molecule has 4 heteroatoms. The highest BCUT2D eigenvalue weighted by Gasteiger charge is 2.23. The van der Waals surface area contributed by atoms with Gasteiger partial charge in [-0.2, -0.15) is 0 Å². The first-order valence-corrected chi connectivity index (χ1v) is 4.88. The molecule has 0 aliphatic heterocycles. The quantitative estimate of drug-likeness (QED) is 0.793. The van der Waals surface area contributed by atoms with E-state index in [1.807, 2.05) is 0 Å². The van der Waals surface area contributed by atoms with E-state index in [1.54, 1.807) is 26.0 Å². The van der Waals surface area contributed by atoms with Gasteiger partial charge >= 0.3 is 0 Å². The number of hydrogen-bond donors (Lipinski definition) is 1. The first kappa shape index (κ1) is 12.4. The van der Waals surface area contributed by atoms with Gasteiger partial charge in [-0.15, -0.1) is 0 Å². The number of hydrogen-bond acceptors (Lipinski definition) is 4. The van der Waals surface area contributed by atoms with Crippen molar-refractivity contribution in [1.82, 2.24) is 0 Å². The predicted molar refractivity (Wildman–Crippen MR) is 60.3 cm³/mol. The van der Waals surface area contributed by atoms with E-state index in [1.165, 1.54) is 14.2 Å². The monoisotopic (exact) mass is 224 g/mol. The smallest absolute Gasteiger partial charge is 0.200 e. The molecule has 0 atom stereocenters. The molecule has 1 aromatic rings. The highest BCUT2D eigenvalue weighted by molar-refractivity contribution is 5.69. The minimum Gasteiger partial charge on any atom is -0.502 e. The summed E-state index contributed by atoms with van der Waals surface area (Å²) >= 11 is 0. The Morgan fingerprint density at radius 1 is 1.19 bits per heavy atom. The molecule has 1 rings (SSSR count). The number of aromatic hydroxyl groups is 1. The molecule has 1 N–H and O–H groups in total. The average molecular weight is 224 g/mol. The third-order valence-corrected chi connectivity index (χ3v) is 2.52. The lowest BCUT2D eigenvalue weighted by Crippen LogP contribution is -2.18. The molecule has 0 aliphatic carbocycles. The van der Waals surface area contributed by atoms with Crippen LogP contribution in [0.3, 0.4) is 0 Å². The lowest BCUT2D eigenvalue weighted by atomic mass is 9.86. The molecular weight excluding hydrogens is 208 g/mol. The molecule has 0 unspecified atom stereocenters. The topological polar surface area (TPSA) is 55.8 Å². The fourth-order valence-electron chi connectivity index (χ4n) is 1.33. The molecule has 0 saturated heterocycles. The number of carbonyl (C=O) groups excluding carboxylic acids is 1. The maximum absolute atomic E-state index is 11.0. The van der Waals surface area contributed by atoms with E-state index >= 15 is 0 Å². The van der Waals surface area contributed by atoms with Crippen molar-refractivity contribution < 1.29 is 19.4 Å². The summed E-state index contributed by atoms with van der Waals surface area (Å²) < 4.78 is 10.0. The van der Waals surface area contributed by atoms with Gasteiger partial charge in [0, 0.05) is 5.41 Å². The summed E-state index contributed by atoms with van der Waals surface area (Å²) in [6.07, 6.45) is 0.845. The summed E-state index contributed by atoms with van der Waals surface area (Å²) in [6.45, 7) is 3.57. The molecule has 0 heterocycles. The van der Waals surface area contributed by atoms with Crippen molar-refractivity contribution in [3.8, 4) is 17.2 Å². The molecule has 88 valence electrons. The van der Waals surface area contributed by atoms with Crippen LogP contribution >= 0.6 is 0 Å². The van der Waals surface area contributed by atoms with Crippen molar-refractivity contribution in [3.05, 3.63) is 17.7 Å². The predicted octanol–water partition coefficient (Wildman–Crippen LogP) is 1.89. The fourth-order valence-corrected chi connectivity index (χ4v) is 1.33. The normalized spacial score (nSPS) is 11.0. The number of aldehydes is 1.